The van der Waals surface area contributed by atoms with Crippen molar-refractivity contribution in [3.8, 4) is 0 Å². The zero-order chi connectivity index (χ0) is 15.5. The molecule has 0 aliphatic rings. The van der Waals surface area contributed by atoms with Crippen molar-refractivity contribution >= 4 is 17.4 Å². The van der Waals surface area contributed by atoms with Gasteiger partial charge in [0.2, 0.25) is 0 Å². The summed E-state index contributed by atoms with van der Waals surface area (Å²) < 4.78 is 51.4. The van der Waals surface area contributed by atoms with Gasteiger partial charge in [-0.25, -0.2) is 4.39 Å². The molecule has 1 radical (unpaired) electrons. The van der Waals surface area contributed by atoms with Crippen LogP contribution in [0.1, 0.15) is 16.8 Å². The number of hydrogen-bond acceptors (Lipinski definition) is 1. The number of nitrogens with zero attached hydrogens (tertiary/aromatic N) is 1. The second kappa shape index (κ2) is 6.26. The normalized spacial score (nSPS) is 12.5. The topological polar surface area (TPSA) is 12.9 Å². The molecule has 0 bridgehead atoms. The number of hydrogen-bond donors (Lipinski definition) is 0. The van der Waals surface area contributed by atoms with Crippen molar-refractivity contribution in [2.45, 2.75) is 12.6 Å². The fourth-order valence-electron chi connectivity index (χ4n) is 1.61. The van der Waals surface area contributed by atoms with Gasteiger partial charge >= 0.3 is 6.18 Å². The van der Waals surface area contributed by atoms with Gasteiger partial charge in [0.15, 0.2) is 0 Å². The lowest BCUT2D eigenvalue weighted by Crippen LogP contribution is -2.06. The molecule has 0 amide bonds. The Balaban J connectivity index is 2.15. The molecule has 21 heavy (non-hydrogen) atoms. The zero-order valence-electron chi connectivity index (χ0n) is 10.6. The second-order valence-electron chi connectivity index (χ2n) is 4.19. The minimum Gasteiger partial charge on any atom is -0.260 e. The Morgan fingerprint density at radius 1 is 1.19 bits per heavy atom. The van der Waals surface area contributed by atoms with Crippen molar-refractivity contribution in [3.05, 3.63) is 70.5 Å². The molecule has 0 unspecified atom stereocenters. The Labute approximate surface area is 123 Å². The number of aromatic nitrogens is 1. The van der Waals surface area contributed by atoms with Crippen LogP contribution < -0.4 is 0 Å². The Kier molecular flexibility index (Phi) is 4.63. The molecule has 2 aromatic rings. The van der Waals surface area contributed by atoms with E-state index >= 15 is 0 Å². The third-order valence-electron chi connectivity index (χ3n) is 2.65. The summed E-state index contributed by atoms with van der Waals surface area (Å²) in [5.41, 5.74) is -0.604. The van der Waals surface area contributed by atoms with Gasteiger partial charge in [-0.3, -0.25) is 4.98 Å². The van der Waals surface area contributed by atoms with Crippen LogP contribution in [0.2, 0.25) is 5.02 Å². The first-order valence-corrected chi connectivity index (χ1v) is 6.30. The fraction of sp³-hybridized carbons (Fsp3) is 0.133. The SMILES string of the molecule is FC(=CCc1[c]c(C(F)(F)F)ccn1)c1ccc(Cl)cc1. The number of halogens is 5. The lowest BCUT2D eigenvalue weighted by Gasteiger charge is -2.06. The maximum atomic E-state index is 13.8. The van der Waals surface area contributed by atoms with Crippen LogP contribution in [-0.2, 0) is 12.6 Å². The van der Waals surface area contributed by atoms with Crippen LogP contribution >= 0.6 is 11.6 Å². The van der Waals surface area contributed by atoms with Crippen LogP contribution in [0.5, 0.6) is 0 Å². The average Bonchev–Trinajstić information content (AvgIpc) is 2.45. The maximum Gasteiger partial charge on any atom is 0.417 e. The van der Waals surface area contributed by atoms with E-state index in [2.05, 4.69) is 11.1 Å². The molecule has 1 aromatic carbocycles. The minimum absolute atomic E-state index is 0.0222. The molecular weight excluding hydrogens is 306 g/mol. The van der Waals surface area contributed by atoms with E-state index in [0.717, 1.165) is 18.3 Å². The van der Waals surface area contributed by atoms with Gasteiger partial charge in [0, 0.05) is 29.3 Å². The molecule has 1 heterocycles. The number of benzene rings is 1. The monoisotopic (exact) mass is 314 g/mol. The highest BCUT2D eigenvalue weighted by molar-refractivity contribution is 6.30. The third kappa shape index (κ3) is 4.29. The molecule has 1 aromatic heterocycles. The van der Waals surface area contributed by atoms with Gasteiger partial charge in [-0.2, -0.15) is 13.2 Å². The van der Waals surface area contributed by atoms with E-state index in [1.165, 1.54) is 24.3 Å². The molecule has 1 nitrogen and oxygen atoms in total. The lowest BCUT2D eigenvalue weighted by molar-refractivity contribution is -0.137. The van der Waals surface area contributed by atoms with E-state index in [9.17, 15) is 17.6 Å². The molecule has 0 spiro atoms. The molecule has 109 valence electrons. The van der Waals surface area contributed by atoms with Gasteiger partial charge < -0.3 is 0 Å². The molecular formula is C15H9ClF4N. The predicted octanol–water partition coefficient (Wildman–Crippen LogP) is 5.11. The molecule has 0 aliphatic carbocycles. The Morgan fingerprint density at radius 2 is 1.86 bits per heavy atom. The van der Waals surface area contributed by atoms with Crippen LogP contribution in [0.3, 0.4) is 0 Å². The van der Waals surface area contributed by atoms with Gasteiger partial charge in [-0.05, 0) is 24.3 Å². The minimum atomic E-state index is -4.49. The van der Waals surface area contributed by atoms with Gasteiger partial charge in [0.05, 0.1) is 11.3 Å². The molecule has 0 fully saturated rings. The highest BCUT2D eigenvalue weighted by atomic mass is 35.5. The van der Waals surface area contributed by atoms with E-state index < -0.39 is 17.6 Å². The van der Waals surface area contributed by atoms with Gasteiger partial charge in [-0.15, -0.1) is 0 Å². The summed E-state index contributed by atoms with van der Waals surface area (Å²) in [4.78, 5) is 3.74. The summed E-state index contributed by atoms with van der Waals surface area (Å²) in [5, 5.41) is 0.472. The zero-order valence-corrected chi connectivity index (χ0v) is 11.3. The van der Waals surface area contributed by atoms with Crippen molar-refractivity contribution in [2.75, 3.05) is 0 Å². The summed E-state index contributed by atoms with van der Waals surface area (Å²) in [5.74, 6) is -0.556. The largest absolute Gasteiger partial charge is 0.417 e. The second-order valence-corrected chi connectivity index (χ2v) is 4.63. The quantitative estimate of drug-likeness (QED) is 0.718. The third-order valence-corrected chi connectivity index (χ3v) is 2.90. The Bertz CT molecular complexity index is 647. The molecule has 0 saturated heterocycles. The number of alkyl halides is 3. The first-order valence-electron chi connectivity index (χ1n) is 5.92. The van der Waals surface area contributed by atoms with Crippen molar-refractivity contribution in [2.24, 2.45) is 0 Å². The van der Waals surface area contributed by atoms with E-state index in [0.29, 0.717) is 10.6 Å². The van der Waals surface area contributed by atoms with Crippen molar-refractivity contribution in [3.63, 3.8) is 0 Å². The van der Waals surface area contributed by atoms with Gasteiger partial charge in [0.25, 0.3) is 0 Å². The number of rotatable bonds is 3. The van der Waals surface area contributed by atoms with E-state index in [1.54, 1.807) is 0 Å². The smallest absolute Gasteiger partial charge is 0.260 e. The first-order chi connectivity index (χ1) is 9.86. The lowest BCUT2D eigenvalue weighted by atomic mass is 10.1. The molecule has 6 heteroatoms. The van der Waals surface area contributed by atoms with Crippen LogP contribution in [0.25, 0.3) is 5.83 Å². The molecule has 0 aliphatic heterocycles. The van der Waals surface area contributed by atoms with Crippen molar-refractivity contribution in [1.82, 2.24) is 4.98 Å². The highest BCUT2D eigenvalue weighted by Gasteiger charge is 2.30. The summed E-state index contributed by atoms with van der Waals surface area (Å²) in [7, 11) is 0. The molecule has 2 rings (SSSR count). The van der Waals surface area contributed by atoms with Crippen LogP contribution in [0.15, 0.2) is 42.6 Å². The van der Waals surface area contributed by atoms with Crippen LogP contribution in [0, 0.1) is 6.07 Å². The highest BCUT2D eigenvalue weighted by Crippen LogP contribution is 2.28. The summed E-state index contributed by atoms with van der Waals surface area (Å²) in [6.07, 6.45) is -2.39. The predicted molar refractivity (Wildman–Crippen MR) is 72.3 cm³/mol. The van der Waals surface area contributed by atoms with Crippen molar-refractivity contribution < 1.29 is 17.6 Å². The fourth-order valence-corrected chi connectivity index (χ4v) is 1.74. The number of allylic oxidation sites excluding steroid dienone is 1. The van der Waals surface area contributed by atoms with E-state index in [1.807, 2.05) is 0 Å². The first kappa shape index (κ1) is 15.5. The summed E-state index contributed by atoms with van der Waals surface area (Å²) >= 11 is 5.69. The summed E-state index contributed by atoms with van der Waals surface area (Å²) in [6.45, 7) is 0. The Hall–Kier alpha value is -1.88. The van der Waals surface area contributed by atoms with Crippen LogP contribution in [0.4, 0.5) is 17.6 Å². The standard InChI is InChI=1S/C15H9ClF4N/c16-12-3-1-10(2-4-12)14(17)6-5-13-9-11(7-8-21-13)15(18,19)20/h1-4,6-8H,5H2. The molecule has 0 N–H and O–H groups in total. The summed E-state index contributed by atoms with van der Waals surface area (Å²) in [6, 6.07) is 8.97. The Morgan fingerprint density at radius 3 is 2.48 bits per heavy atom. The van der Waals surface area contributed by atoms with Crippen LogP contribution in [-0.4, -0.2) is 4.98 Å². The number of pyridine rings is 1. The van der Waals surface area contributed by atoms with E-state index in [-0.39, 0.29) is 12.1 Å². The van der Waals surface area contributed by atoms with E-state index in [4.69, 9.17) is 11.6 Å². The molecule has 0 saturated carbocycles. The van der Waals surface area contributed by atoms with Gasteiger partial charge in [0.1, 0.15) is 5.83 Å². The van der Waals surface area contributed by atoms with Crippen molar-refractivity contribution in [1.29, 1.82) is 0 Å². The average molecular weight is 315 g/mol. The molecule has 0 atom stereocenters. The van der Waals surface area contributed by atoms with Gasteiger partial charge in [-0.1, -0.05) is 23.7 Å². The maximum absolute atomic E-state index is 13.8.